The average Bonchev–Trinajstić information content (AvgIpc) is 2.61. The zero-order valence-corrected chi connectivity index (χ0v) is 16.5. The van der Waals surface area contributed by atoms with E-state index in [2.05, 4.69) is 15.6 Å². The first-order valence-electron chi connectivity index (χ1n) is 7.90. The van der Waals surface area contributed by atoms with Gasteiger partial charge in [0.15, 0.2) is 5.17 Å². The summed E-state index contributed by atoms with van der Waals surface area (Å²) in [6, 6.07) is 11.8. The zero-order chi connectivity index (χ0) is 19.4. The minimum absolute atomic E-state index is 0.0444. The first-order valence-corrected chi connectivity index (χ1v) is 9.53. The standard InChI is InChI=1S/C18H15Cl2N3O3S/c1-26-14-6-5-11(20)8-13(14)22-18-23-16(24)9-15(27-18)17(25)21-12-4-2-3-10(19)7-12/h2-8,15H,9H2,1H3,(H,21,25)(H,22,23,24)/t15-/m1/s1. The molecule has 0 spiro atoms. The molecule has 2 amide bonds. The number of halogens is 2. The van der Waals surface area contributed by atoms with Gasteiger partial charge in [-0.25, -0.2) is 4.99 Å². The maximum Gasteiger partial charge on any atom is 0.238 e. The molecule has 1 atom stereocenters. The van der Waals surface area contributed by atoms with E-state index in [1.54, 1.807) is 42.5 Å². The summed E-state index contributed by atoms with van der Waals surface area (Å²) in [5.41, 5.74) is 1.03. The Morgan fingerprint density at radius 2 is 2.04 bits per heavy atom. The van der Waals surface area contributed by atoms with E-state index >= 15 is 0 Å². The Labute approximate surface area is 170 Å². The molecule has 2 aromatic rings. The molecule has 2 N–H and O–H groups in total. The zero-order valence-electron chi connectivity index (χ0n) is 14.2. The summed E-state index contributed by atoms with van der Waals surface area (Å²) >= 11 is 13.1. The third-order valence-electron chi connectivity index (χ3n) is 3.62. The molecule has 0 unspecified atom stereocenters. The predicted octanol–water partition coefficient (Wildman–Crippen LogP) is 4.25. The number of ether oxygens (including phenoxy) is 1. The van der Waals surface area contributed by atoms with Gasteiger partial charge in [-0.2, -0.15) is 0 Å². The molecule has 0 aromatic heterocycles. The van der Waals surface area contributed by atoms with Crippen LogP contribution in [0.2, 0.25) is 10.0 Å². The summed E-state index contributed by atoms with van der Waals surface area (Å²) < 4.78 is 5.25. The molecular formula is C18H15Cl2N3O3S. The molecule has 0 saturated carbocycles. The van der Waals surface area contributed by atoms with Gasteiger partial charge in [0.05, 0.1) is 7.11 Å². The number of amides is 2. The quantitative estimate of drug-likeness (QED) is 0.769. The SMILES string of the molecule is COc1ccc(Cl)cc1N=C1NC(=O)C[C@H](C(=O)Nc2cccc(Cl)c2)S1. The van der Waals surface area contributed by atoms with E-state index in [-0.39, 0.29) is 18.2 Å². The monoisotopic (exact) mass is 423 g/mol. The van der Waals surface area contributed by atoms with E-state index in [1.165, 1.54) is 7.11 Å². The molecule has 3 rings (SSSR count). The van der Waals surface area contributed by atoms with Crippen LogP contribution in [0.4, 0.5) is 11.4 Å². The third kappa shape index (κ3) is 5.15. The molecule has 1 aliphatic heterocycles. The second-order valence-corrected chi connectivity index (χ2v) is 7.66. The Bertz CT molecular complexity index is 920. The first kappa shape index (κ1) is 19.5. The van der Waals surface area contributed by atoms with Crippen LogP contribution < -0.4 is 15.4 Å². The van der Waals surface area contributed by atoms with Gasteiger partial charge < -0.3 is 15.4 Å². The van der Waals surface area contributed by atoms with Crippen molar-refractivity contribution < 1.29 is 14.3 Å². The van der Waals surface area contributed by atoms with Gasteiger partial charge in [0.1, 0.15) is 16.7 Å². The average molecular weight is 424 g/mol. The highest BCUT2D eigenvalue weighted by atomic mass is 35.5. The van der Waals surface area contributed by atoms with Crippen LogP contribution in [0.25, 0.3) is 0 Å². The molecular weight excluding hydrogens is 409 g/mol. The first-order chi connectivity index (χ1) is 12.9. The minimum atomic E-state index is -0.623. The summed E-state index contributed by atoms with van der Waals surface area (Å²) in [4.78, 5) is 29.0. The number of anilines is 1. The lowest BCUT2D eigenvalue weighted by Crippen LogP contribution is -2.41. The number of hydrogen-bond acceptors (Lipinski definition) is 5. The Balaban J connectivity index is 1.79. The summed E-state index contributed by atoms with van der Waals surface area (Å²) in [5.74, 6) is -0.0881. The largest absolute Gasteiger partial charge is 0.494 e. The van der Waals surface area contributed by atoms with Gasteiger partial charge in [-0.05, 0) is 36.4 Å². The number of carbonyl (C=O) groups is 2. The van der Waals surface area contributed by atoms with Gasteiger partial charge in [0.2, 0.25) is 11.8 Å². The van der Waals surface area contributed by atoms with Gasteiger partial charge in [0, 0.05) is 22.2 Å². The Kier molecular flexibility index (Phi) is 6.26. The minimum Gasteiger partial charge on any atom is -0.494 e. The second-order valence-electron chi connectivity index (χ2n) is 5.59. The lowest BCUT2D eigenvalue weighted by Gasteiger charge is -2.22. The van der Waals surface area contributed by atoms with Crippen LogP contribution in [0.5, 0.6) is 5.75 Å². The topological polar surface area (TPSA) is 79.8 Å². The van der Waals surface area contributed by atoms with Crippen molar-refractivity contribution in [3.63, 3.8) is 0 Å². The van der Waals surface area contributed by atoms with Crippen LogP contribution in [0.1, 0.15) is 6.42 Å². The highest BCUT2D eigenvalue weighted by molar-refractivity contribution is 8.15. The van der Waals surface area contributed by atoms with Crippen LogP contribution in [0.15, 0.2) is 47.5 Å². The van der Waals surface area contributed by atoms with Crippen LogP contribution >= 0.6 is 35.0 Å². The molecule has 9 heteroatoms. The smallest absolute Gasteiger partial charge is 0.238 e. The van der Waals surface area contributed by atoms with Crippen molar-refractivity contribution >= 4 is 63.3 Å². The van der Waals surface area contributed by atoms with E-state index in [1.807, 2.05) is 0 Å². The number of nitrogens with one attached hydrogen (secondary N) is 2. The fourth-order valence-corrected chi connectivity index (χ4v) is 3.74. The van der Waals surface area contributed by atoms with Gasteiger partial charge in [-0.15, -0.1) is 0 Å². The Morgan fingerprint density at radius 1 is 1.26 bits per heavy atom. The molecule has 1 saturated heterocycles. The van der Waals surface area contributed by atoms with Crippen molar-refractivity contribution in [2.75, 3.05) is 12.4 Å². The number of rotatable bonds is 4. The van der Waals surface area contributed by atoms with Gasteiger partial charge in [-0.1, -0.05) is 41.0 Å². The molecule has 0 aliphatic carbocycles. The third-order valence-corrected chi connectivity index (χ3v) is 5.17. The van der Waals surface area contributed by atoms with Gasteiger partial charge in [0.25, 0.3) is 0 Å². The molecule has 1 aliphatic rings. The fraction of sp³-hybridized carbons (Fsp3) is 0.167. The summed E-state index contributed by atoms with van der Waals surface area (Å²) in [5, 5.41) is 6.11. The van der Waals surface area contributed by atoms with E-state index in [0.717, 1.165) is 11.8 Å². The molecule has 0 radical (unpaired) electrons. The molecule has 6 nitrogen and oxygen atoms in total. The Morgan fingerprint density at radius 3 is 2.78 bits per heavy atom. The molecule has 140 valence electrons. The van der Waals surface area contributed by atoms with Crippen LogP contribution in [-0.4, -0.2) is 29.3 Å². The molecule has 1 heterocycles. The lowest BCUT2D eigenvalue weighted by molar-refractivity contribution is -0.123. The predicted molar refractivity (Wildman–Crippen MR) is 109 cm³/mol. The second kappa shape index (κ2) is 8.65. The summed E-state index contributed by atoms with van der Waals surface area (Å²) in [7, 11) is 1.51. The number of benzene rings is 2. The number of thioether (sulfide) groups is 1. The lowest BCUT2D eigenvalue weighted by atomic mass is 10.2. The number of nitrogens with zero attached hydrogens (tertiary/aromatic N) is 1. The highest BCUT2D eigenvalue weighted by Gasteiger charge is 2.30. The van der Waals surface area contributed by atoms with Crippen molar-refractivity contribution in [2.24, 2.45) is 4.99 Å². The van der Waals surface area contributed by atoms with Crippen LogP contribution in [0.3, 0.4) is 0 Å². The van der Waals surface area contributed by atoms with E-state index in [4.69, 9.17) is 27.9 Å². The number of amidine groups is 1. The van der Waals surface area contributed by atoms with Gasteiger partial charge in [-0.3, -0.25) is 9.59 Å². The van der Waals surface area contributed by atoms with E-state index in [9.17, 15) is 9.59 Å². The van der Waals surface area contributed by atoms with Crippen molar-refractivity contribution in [1.82, 2.24) is 5.32 Å². The number of hydrogen-bond donors (Lipinski definition) is 2. The molecule has 27 heavy (non-hydrogen) atoms. The number of methoxy groups -OCH3 is 1. The summed E-state index contributed by atoms with van der Waals surface area (Å²) in [6.45, 7) is 0. The molecule has 0 bridgehead atoms. The molecule has 2 aromatic carbocycles. The maximum atomic E-state index is 12.5. The number of aliphatic imine (C=N–C) groups is 1. The van der Waals surface area contributed by atoms with Crippen molar-refractivity contribution in [2.45, 2.75) is 11.7 Å². The van der Waals surface area contributed by atoms with Gasteiger partial charge >= 0.3 is 0 Å². The maximum absolute atomic E-state index is 12.5. The van der Waals surface area contributed by atoms with Crippen molar-refractivity contribution in [1.29, 1.82) is 0 Å². The summed E-state index contributed by atoms with van der Waals surface area (Å²) in [6.07, 6.45) is 0.0444. The molecule has 1 fully saturated rings. The Hall–Kier alpha value is -2.22. The van der Waals surface area contributed by atoms with Crippen LogP contribution in [-0.2, 0) is 9.59 Å². The van der Waals surface area contributed by atoms with E-state index in [0.29, 0.717) is 32.3 Å². The highest BCUT2D eigenvalue weighted by Crippen LogP contribution is 2.32. The van der Waals surface area contributed by atoms with Crippen LogP contribution in [0, 0.1) is 0 Å². The number of carbonyl (C=O) groups excluding carboxylic acids is 2. The van der Waals surface area contributed by atoms with Crippen molar-refractivity contribution in [3.05, 3.63) is 52.5 Å². The van der Waals surface area contributed by atoms with Crippen molar-refractivity contribution in [3.8, 4) is 5.75 Å². The fourth-order valence-electron chi connectivity index (χ4n) is 2.39. The van der Waals surface area contributed by atoms with E-state index < -0.39 is 5.25 Å². The normalized spacial score (nSPS) is 18.1.